The van der Waals surface area contributed by atoms with E-state index in [-0.39, 0.29) is 12.5 Å². The van der Waals surface area contributed by atoms with E-state index >= 15 is 0 Å². The largest absolute Gasteiger partial charge is 0.397 e. The molecule has 1 amide bonds. The van der Waals surface area contributed by atoms with Crippen LogP contribution >= 0.6 is 0 Å². The summed E-state index contributed by atoms with van der Waals surface area (Å²) in [6.45, 7) is 3.51. The zero-order valence-electron chi connectivity index (χ0n) is 46.1. The van der Waals surface area contributed by atoms with E-state index in [0.717, 1.165) is 51.4 Å². The average Bonchev–Trinajstić information content (AvgIpc) is 3.34. The van der Waals surface area contributed by atoms with Crippen LogP contribution in [0.3, 0.4) is 0 Å². The van der Waals surface area contributed by atoms with E-state index in [2.05, 4.69) is 23.3 Å². The zero-order valence-corrected chi connectivity index (χ0v) is 46.9. The predicted octanol–water partition coefficient (Wildman–Crippen LogP) is 14.5. The second-order valence-electron chi connectivity index (χ2n) is 21.7. The van der Waals surface area contributed by atoms with Crippen LogP contribution in [-0.4, -0.2) is 95.4 Å². The van der Waals surface area contributed by atoms with Crippen molar-refractivity contribution in [1.29, 1.82) is 0 Å². The quantitative estimate of drug-likeness (QED) is 0.0251. The molecule has 12 nitrogen and oxygen atoms in total. The SMILES string of the molecule is CCCCCCCCCCCCCCCCCCCCCCCCCC(O)C(COC1OC(CO)C(O)C(OS(=O)(=O)O)C1O)NC(=O)CCCCCCCCCCCCCCCCCCCCCCC. The number of hydrogen-bond donors (Lipinski definition) is 6. The van der Waals surface area contributed by atoms with E-state index in [9.17, 15) is 38.2 Å². The van der Waals surface area contributed by atoms with Gasteiger partial charge < -0.3 is 35.2 Å². The molecule has 1 saturated heterocycles. The molecule has 1 aliphatic rings. The molecule has 424 valence electrons. The Morgan fingerprint density at radius 3 is 1.13 bits per heavy atom. The molecular formula is C58H115NO11S. The lowest BCUT2D eigenvalue weighted by Crippen LogP contribution is -2.61. The Morgan fingerprint density at radius 1 is 0.507 bits per heavy atom. The standard InChI is InChI=1S/C58H115NO11S/c1-3-5-7-9-11-13-15-17-19-21-23-25-26-28-29-31-33-35-37-39-41-43-45-47-52(61)51(50-68-58-56(64)57(70-71(65,66)67)55(63)53(49-60)69-58)59-54(62)48-46-44-42-40-38-36-34-32-30-27-24-22-20-18-16-14-12-10-8-6-4-2/h51-53,55-58,60-61,63-64H,3-50H2,1-2H3,(H,59,62)(H,65,66,67). The third-order valence-electron chi connectivity index (χ3n) is 14.9. The van der Waals surface area contributed by atoms with Crippen LogP contribution in [0, 0.1) is 0 Å². The Kier molecular flexibility index (Phi) is 46.7. The fourth-order valence-corrected chi connectivity index (χ4v) is 10.7. The molecule has 1 heterocycles. The number of aliphatic hydroxyl groups excluding tert-OH is 4. The van der Waals surface area contributed by atoms with E-state index in [4.69, 9.17) is 9.47 Å². The smallest absolute Gasteiger partial charge is 0.394 e. The van der Waals surface area contributed by atoms with E-state index in [1.165, 1.54) is 231 Å². The summed E-state index contributed by atoms with van der Waals surface area (Å²) in [5.74, 6) is -0.221. The minimum absolute atomic E-state index is 0.221. The Morgan fingerprint density at radius 2 is 0.817 bits per heavy atom. The fourth-order valence-electron chi connectivity index (χ4n) is 10.2. The molecule has 1 aliphatic heterocycles. The normalized spacial score (nSPS) is 19.3. The fraction of sp³-hybridized carbons (Fsp3) is 0.983. The summed E-state index contributed by atoms with van der Waals surface area (Å²) in [5, 5.41) is 45.2. The van der Waals surface area contributed by atoms with Crippen molar-refractivity contribution < 1.29 is 51.8 Å². The third-order valence-corrected chi connectivity index (χ3v) is 15.4. The van der Waals surface area contributed by atoms with Gasteiger partial charge >= 0.3 is 10.4 Å². The summed E-state index contributed by atoms with van der Waals surface area (Å²) in [7, 11) is -5.08. The van der Waals surface area contributed by atoms with Gasteiger partial charge in [-0.15, -0.1) is 0 Å². The number of amides is 1. The number of unbranched alkanes of at least 4 members (excludes halogenated alkanes) is 42. The molecule has 0 saturated carbocycles. The van der Waals surface area contributed by atoms with Crippen molar-refractivity contribution in [3.8, 4) is 0 Å². The number of hydrogen-bond acceptors (Lipinski definition) is 10. The van der Waals surface area contributed by atoms with Crippen molar-refractivity contribution in [3.63, 3.8) is 0 Å². The summed E-state index contributed by atoms with van der Waals surface area (Å²) in [6.07, 6.45) is 48.2. The van der Waals surface area contributed by atoms with Crippen LogP contribution in [0.1, 0.15) is 309 Å². The second-order valence-corrected chi connectivity index (χ2v) is 22.7. The zero-order chi connectivity index (χ0) is 51.9. The minimum Gasteiger partial charge on any atom is -0.394 e. The van der Waals surface area contributed by atoms with Gasteiger partial charge in [-0.3, -0.25) is 9.35 Å². The molecule has 0 bridgehead atoms. The van der Waals surface area contributed by atoms with Gasteiger partial charge in [0, 0.05) is 6.42 Å². The van der Waals surface area contributed by atoms with Gasteiger partial charge in [-0.1, -0.05) is 290 Å². The highest BCUT2D eigenvalue weighted by Gasteiger charge is 2.48. The lowest BCUT2D eigenvalue weighted by molar-refractivity contribution is -0.298. The van der Waals surface area contributed by atoms with Gasteiger partial charge in [0.1, 0.15) is 24.4 Å². The van der Waals surface area contributed by atoms with Gasteiger partial charge in [0.15, 0.2) is 6.29 Å². The van der Waals surface area contributed by atoms with E-state index in [1.807, 2.05) is 0 Å². The summed E-state index contributed by atoms with van der Waals surface area (Å²) >= 11 is 0. The number of carbonyl (C=O) groups is 1. The maximum absolute atomic E-state index is 13.2. The average molecular weight is 1030 g/mol. The number of aliphatic hydroxyl groups is 4. The van der Waals surface area contributed by atoms with Crippen LogP contribution in [0.4, 0.5) is 0 Å². The first-order valence-corrected chi connectivity index (χ1v) is 31.8. The first-order chi connectivity index (χ1) is 34.5. The topological polar surface area (TPSA) is 192 Å². The van der Waals surface area contributed by atoms with E-state index in [0.29, 0.717) is 12.8 Å². The molecule has 1 rings (SSSR count). The second kappa shape index (κ2) is 48.7. The highest BCUT2D eigenvalue weighted by molar-refractivity contribution is 7.80. The number of nitrogens with one attached hydrogen (secondary N) is 1. The maximum Gasteiger partial charge on any atom is 0.397 e. The molecule has 7 atom stereocenters. The lowest BCUT2D eigenvalue weighted by Gasteiger charge is -2.41. The van der Waals surface area contributed by atoms with Crippen LogP contribution in [0.15, 0.2) is 0 Å². The maximum atomic E-state index is 13.2. The molecule has 0 aromatic rings. The minimum atomic E-state index is -5.08. The Hall–Kier alpha value is -0.900. The van der Waals surface area contributed by atoms with Crippen molar-refractivity contribution in [2.24, 2.45) is 0 Å². The van der Waals surface area contributed by atoms with Crippen LogP contribution < -0.4 is 5.32 Å². The van der Waals surface area contributed by atoms with Gasteiger partial charge in [-0.25, -0.2) is 4.18 Å². The monoisotopic (exact) mass is 1030 g/mol. The van der Waals surface area contributed by atoms with Gasteiger partial charge in [0.05, 0.1) is 25.4 Å². The molecule has 71 heavy (non-hydrogen) atoms. The Bertz CT molecular complexity index is 1260. The molecule has 0 radical (unpaired) electrons. The van der Waals surface area contributed by atoms with Crippen LogP contribution in [0.25, 0.3) is 0 Å². The molecule has 0 aliphatic carbocycles. The molecule has 0 aromatic heterocycles. The molecule has 7 unspecified atom stereocenters. The molecule has 0 aromatic carbocycles. The van der Waals surface area contributed by atoms with Gasteiger partial charge in [-0.2, -0.15) is 8.42 Å². The summed E-state index contributed by atoms with van der Waals surface area (Å²) in [4.78, 5) is 13.2. The highest BCUT2D eigenvalue weighted by Crippen LogP contribution is 2.26. The van der Waals surface area contributed by atoms with Crippen LogP contribution in [-0.2, 0) is 28.9 Å². The van der Waals surface area contributed by atoms with Gasteiger partial charge in [-0.05, 0) is 12.8 Å². The molecule has 13 heteroatoms. The summed E-state index contributed by atoms with van der Waals surface area (Å²) in [6, 6.07) is -0.853. The van der Waals surface area contributed by atoms with Crippen molar-refractivity contribution in [3.05, 3.63) is 0 Å². The van der Waals surface area contributed by atoms with Crippen molar-refractivity contribution in [2.75, 3.05) is 13.2 Å². The van der Waals surface area contributed by atoms with Gasteiger partial charge in [0.25, 0.3) is 0 Å². The lowest BCUT2D eigenvalue weighted by atomic mass is 9.99. The molecular weight excluding hydrogens is 919 g/mol. The highest BCUT2D eigenvalue weighted by atomic mass is 32.3. The molecule has 1 fully saturated rings. The predicted molar refractivity (Wildman–Crippen MR) is 292 cm³/mol. The van der Waals surface area contributed by atoms with E-state index in [1.54, 1.807) is 0 Å². The van der Waals surface area contributed by atoms with Crippen molar-refractivity contribution in [1.82, 2.24) is 5.32 Å². The first-order valence-electron chi connectivity index (χ1n) is 30.4. The Labute approximate surface area is 437 Å². The molecule has 0 spiro atoms. The van der Waals surface area contributed by atoms with Crippen LogP contribution in [0.5, 0.6) is 0 Å². The Balaban J connectivity index is 2.32. The van der Waals surface area contributed by atoms with Crippen molar-refractivity contribution in [2.45, 2.75) is 352 Å². The summed E-state index contributed by atoms with van der Waals surface area (Å²) < 4.78 is 48.0. The van der Waals surface area contributed by atoms with Crippen molar-refractivity contribution >= 4 is 16.3 Å². The van der Waals surface area contributed by atoms with Crippen LogP contribution in [0.2, 0.25) is 0 Å². The van der Waals surface area contributed by atoms with Gasteiger partial charge in [0.2, 0.25) is 5.91 Å². The number of ether oxygens (including phenoxy) is 2. The molecule has 6 N–H and O–H groups in total. The number of rotatable bonds is 54. The summed E-state index contributed by atoms with van der Waals surface area (Å²) in [5.41, 5.74) is 0. The first kappa shape index (κ1) is 68.1. The van der Waals surface area contributed by atoms with E-state index < -0.39 is 59.9 Å². The number of carbonyl (C=O) groups excluding carboxylic acids is 1. The third kappa shape index (κ3) is 41.0.